The molecule has 0 aliphatic carbocycles. The third-order valence-electron chi connectivity index (χ3n) is 0.650. The maximum atomic E-state index is 3.76. The fraction of sp³-hybridized carbons (Fsp3) is 0.400. The minimum absolute atomic E-state index is 0.706. The van der Waals surface area contributed by atoms with Gasteiger partial charge in [0.2, 0.25) is 0 Å². The second-order valence-electron chi connectivity index (χ2n) is 1.20. The van der Waals surface area contributed by atoms with Crippen LogP contribution in [0.25, 0.3) is 0 Å². The number of amidine groups is 1. The van der Waals surface area contributed by atoms with Crippen molar-refractivity contribution in [3.8, 4) is 0 Å². The molecule has 0 aromatic rings. The van der Waals surface area contributed by atoms with Crippen molar-refractivity contribution >= 4 is 18.9 Å². The van der Waals surface area contributed by atoms with Gasteiger partial charge in [-0.3, -0.25) is 9.98 Å². The first-order valence-corrected chi connectivity index (χ1v) is 2.23. The van der Waals surface area contributed by atoms with E-state index in [2.05, 4.69) is 21.7 Å². The fourth-order valence-corrected chi connectivity index (χ4v) is 0.182. The molecule has 0 bridgehead atoms. The Hall–Kier alpha value is -0.990. The Morgan fingerprint density at radius 2 is 2.25 bits per heavy atom. The van der Waals surface area contributed by atoms with Crippen LogP contribution in [-0.4, -0.2) is 25.9 Å². The summed E-state index contributed by atoms with van der Waals surface area (Å²) in [7, 11) is 1.68. The number of nitrogens with zero attached hydrogens (tertiary/aromatic N) is 3. The van der Waals surface area contributed by atoms with Gasteiger partial charge in [-0.05, 0) is 13.6 Å². The number of hydrogen-bond donors (Lipinski definition) is 0. The zero-order valence-corrected chi connectivity index (χ0v) is 5.13. The van der Waals surface area contributed by atoms with Gasteiger partial charge in [-0.2, -0.15) is 0 Å². The van der Waals surface area contributed by atoms with Gasteiger partial charge < -0.3 is 0 Å². The van der Waals surface area contributed by atoms with Crippen LogP contribution in [0.4, 0.5) is 0 Å². The Morgan fingerprint density at radius 1 is 1.62 bits per heavy atom. The van der Waals surface area contributed by atoms with Crippen LogP contribution in [0.5, 0.6) is 0 Å². The second-order valence-corrected chi connectivity index (χ2v) is 1.20. The molecular formula is C5H9N3. The molecule has 44 valence electrons. The highest BCUT2D eigenvalue weighted by Gasteiger charge is 1.73. The van der Waals surface area contributed by atoms with E-state index in [1.807, 2.05) is 0 Å². The average Bonchev–Trinajstić information content (AvgIpc) is 1.83. The molecule has 0 unspecified atom stereocenters. The first kappa shape index (κ1) is 7.01. The van der Waals surface area contributed by atoms with Crippen LogP contribution in [0.15, 0.2) is 15.0 Å². The molecule has 0 aliphatic heterocycles. The molecule has 0 saturated carbocycles. The van der Waals surface area contributed by atoms with Crippen LogP contribution in [0, 0.1) is 0 Å². The molecule has 0 aromatic heterocycles. The van der Waals surface area contributed by atoms with Crippen LogP contribution in [0.1, 0.15) is 6.92 Å². The van der Waals surface area contributed by atoms with E-state index in [4.69, 9.17) is 0 Å². The van der Waals surface area contributed by atoms with Crippen LogP contribution >= 0.6 is 0 Å². The molecule has 0 spiro atoms. The van der Waals surface area contributed by atoms with Crippen molar-refractivity contribution in [2.75, 3.05) is 7.05 Å². The van der Waals surface area contributed by atoms with Gasteiger partial charge in [-0.25, -0.2) is 4.99 Å². The summed E-state index contributed by atoms with van der Waals surface area (Å²) >= 11 is 0. The summed E-state index contributed by atoms with van der Waals surface area (Å²) in [6, 6.07) is 0. The Morgan fingerprint density at radius 3 is 2.62 bits per heavy atom. The van der Waals surface area contributed by atoms with Crippen LogP contribution in [-0.2, 0) is 0 Å². The average molecular weight is 111 g/mol. The SMILES string of the molecule is C=NC=NC(C)=NC. The van der Waals surface area contributed by atoms with E-state index in [0.29, 0.717) is 5.84 Å². The Bertz CT molecular complexity index is 124. The summed E-state index contributed by atoms with van der Waals surface area (Å²) in [5, 5.41) is 0. The molecule has 0 amide bonds. The summed E-state index contributed by atoms with van der Waals surface area (Å²) in [6.07, 6.45) is 1.36. The molecule has 0 saturated heterocycles. The zero-order valence-electron chi connectivity index (χ0n) is 5.13. The van der Waals surface area contributed by atoms with E-state index in [9.17, 15) is 0 Å². The number of hydrogen-bond acceptors (Lipinski definition) is 1. The fourth-order valence-electron chi connectivity index (χ4n) is 0.182. The summed E-state index contributed by atoms with van der Waals surface area (Å²) < 4.78 is 0. The second kappa shape index (κ2) is 4.18. The van der Waals surface area contributed by atoms with E-state index in [1.165, 1.54) is 6.34 Å². The Balaban J connectivity index is 3.69. The lowest BCUT2D eigenvalue weighted by Gasteiger charge is -1.81. The van der Waals surface area contributed by atoms with E-state index in [0.717, 1.165) is 0 Å². The van der Waals surface area contributed by atoms with Crippen molar-refractivity contribution in [2.24, 2.45) is 15.0 Å². The van der Waals surface area contributed by atoms with Crippen molar-refractivity contribution in [3.05, 3.63) is 0 Å². The standard InChI is InChI=1S/C5H9N3/c1-5(7-3)8-4-6-2/h4H,2H2,1,3H3. The van der Waals surface area contributed by atoms with Gasteiger partial charge in [0, 0.05) is 7.05 Å². The predicted molar refractivity (Wildman–Crippen MR) is 37.1 cm³/mol. The number of aliphatic imine (C=N–C) groups is 3. The van der Waals surface area contributed by atoms with Crippen molar-refractivity contribution in [1.82, 2.24) is 0 Å². The molecule has 3 nitrogen and oxygen atoms in total. The summed E-state index contributed by atoms with van der Waals surface area (Å²) in [5.41, 5.74) is 0. The molecular weight excluding hydrogens is 102 g/mol. The zero-order chi connectivity index (χ0) is 6.41. The van der Waals surface area contributed by atoms with Gasteiger partial charge in [-0.1, -0.05) is 0 Å². The summed E-state index contributed by atoms with van der Waals surface area (Å²) in [4.78, 5) is 10.9. The van der Waals surface area contributed by atoms with Crippen LogP contribution < -0.4 is 0 Å². The predicted octanol–water partition coefficient (Wildman–Crippen LogP) is 0.764. The smallest absolute Gasteiger partial charge is 0.121 e. The van der Waals surface area contributed by atoms with E-state index in [1.54, 1.807) is 14.0 Å². The summed E-state index contributed by atoms with van der Waals surface area (Å²) in [6.45, 7) is 5.01. The molecule has 0 fully saturated rings. The summed E-state index contributed by atoms with van der Waals surface area (Å²) in [5.74, 6) is 0.706. The third kappa shape index (κ3) is 3.21. The van der Waals surface area contributed by atoms with Gasteiger partial charge in [0.05, 0.1) is 0 Å². The topological polar surface area (TPSA) is 37.1 Å². The van der Waals surface area contributed by atoms with E-state index >= 15 is 0 Å². The lowest BCUT2D eigenvalue weighted by molar-refractivity contribution is 1.38. The van der Waals surface area contributed by atoms with Gasteiger partial charge in [-0.15, -0.1) is 0 Å². The first-order valence-electron chi connectivity index (χ1n) is 2.23. The monoisotopic (exact) mass is 111 g/mol. The lowest BCUT2D eigenvalue weighted by atomic mass is 10.7. The highest BCUT2D eigenvalue weighted by atomic mass is 14.9. The molecule has 0 aliphatic rings. The highest BCUT2D eigenvalue weighted by Crippen LogP contribution is 1.73. The molecule has 0 heterocycles. The third-order valence-corrected chi connectivity index (χ3v) is 0.650. The quantitative estimate of drug-likeness (QED) is 0.354. The largest absolute Gasteiger partial charge is 0.274 e. The van der Waals surface area contributed by atoms with Gasteiger partial charge >= 0.3 is 0 Å². The minimum atomic E-state index is 0.706. The highest BCUT2D eigenvalue weighted by molar-refractivity contribution is 5.87. The van der Waals surface area contributed by atoms with Crippen molar-refractivity contribution in [3.63, 3.8) is 0 Å². The van der Waals surface area contributed by atoms with Gasteiger partial charge in [0.25, 0.3) is 0 Å². The van der Waals surface area contributed by atoms with Gasteiger partial charge in [0.1, 0.15) is 12.2 Å². The molecule has 0 rings (SSSR count). The van der Waals surface area contributed by atoms with Crippen LogP contribution in [0.2, 0.25) is 0 Å². The van der Waals surface area contributed by atoms with Crippen molar-refractivity contribution in [2.45, 2.75) is 6.92 Å². The maximum absolute atomic E-state index is 3.76. The van der Waals surface area contributed by atoms with E-state index in [-0.39, 0.29) is 0 Å². The van der Waals surface area contributed by atoms with E-state index < -0.39 is 0 Å². The molecule has 3 heteroatoms. The molecule has 0 radical (unpaired) electrons. The normalized spacial score (nSPS) is 12.5. The molecule has 8 heavy (non-hydrogen) atoms. The van der Waals surface area contributed by atoms with Gasteiger partial charge in [0.15, 0.2) is 0 Å². The minimum Gasteiger partial charge on any atom is -0.274 e. The Labute approximate surface area is 48.9 Å². The lowest BCUT2D eigenvalue weighted by Crippen LogP contribution is -1.82. The molecule has 0 atom stereocenters. The van der Waals surface area contributed by atoms with Crippen molar-refractivity contribution < 1.29 is 0 Å². The maximum Gasteiger partial charge on any atom is 0.121 e. The molecule has 0 N–H and O–H groups in total. The Kier molecular flexibility index (Phi) is 3.66. The van der Waals surface area contributed by atoms with Crippen LogP contribution in [0.3, 0.4) is 0 Å². The first-order chi connectivity index (χ1) is 3.81. The molecule has 0 aromatic carbocycles. The van der Waals surface area contributed by atoms with Crippen molar-refractivity contribution in [1.29, 1.82) is 0 Å². The number of rotatable bonds is 1.